The van der Waals surface area contributed by atoms with Crippen molar-refractivity contribution in [3.05, 3.63) is 23.9 Å². The van der Waals surface area contributed by atoms with Crippen LogP contribution in [0.5, 0.6) is 11.6 Å². The summed E-state index contributed by atoms with van der Waals surface area (Å²) in [5.41, 5.74) is 2.78. The Balaban J connectivity index is 2.16. The Labute approximate surface area is 214 Å². The lowest BCUT2D eigenvalue weighted by molar-refractivity contribution is 0.165. The molecule has 2 aromatic heterocycles. The van der Waals surface area contributed by atoms with Gasteiger partial charge in [-0.2, -0.15) is 10.1 Å². The van der Waals surface area contributed by atoms with Crippen molar-refractivity contribution in [3.63, 3.8) is 0 Å². The third kappa shape index (κ3) is 5.98. The van der Waals surface area contributed by atoms with Crippen molar-refractivity contribution >= 4 is 20.9 Å². The molecule has 0 N–H and O–H groups in total. The van der Waals surface area contributed by atoms with Crippen molar-refractivity contribution in [3.8, 4) is 23.0 Å². The summed E-state index contributed by atoms with van der Waals surface area (Å²) < 4.78 is 38.1. The Morgan fingerprint density at radius 2 is 1.75 bits per heavy atom. The molecule has 0 spiro atoms. The zero-order valence-electron chi connectivity index (χ0n) is 22.7. The molecule has 0 fully saturated rings. The Morgan fingerprint density at radius 1 is 1.06 bits per heavy atom. The van der Waals surface area contributed by atoms with Gasteiger partial charge in [0.25, 0.3) is 0 Å². The molecule has 198 valence electrons. The quantitative estimate of drug-likeness (QED) is 0.349. The van der Waals surface area contributed by atoms with E-state index in [9.17, 15) is 8.42 Å². The van der Waals surface area contributed by atoms with Gasteiger partial charge in [-0.3, -0.25) is 9.58 Å². The van der Waals surface area contributed by atoms with Crippen LogP contribution in [0.1, 0.15) is 53.7 Å². The summed E-state index contributed by atoms with van der Waals surface area (Å²) in [7, 11) is -1.88. The molecule has 0 saturated carbocycles. The monoisotopic (exact) mass is 517 g/mol. The first-order chi connectivity index (χ1) is 17.0. The first kappa shape index (κ1) is 27.9. The fourth-order valence-corrected chi connectivity index (χ4v) is 5.05. The van der Waals surface area contributed by atoms with E-state index in [0.717, 1.165) is 25.1 Å². The first-order valence-electron chi connectivity index (χ1n) is 12.6. The lowest BCUT2D eigenvalue weighted by Crippen LogP contribution is -2.39. The zero-order chi connectivity index (χ0) is 26.6. The Kier molecular flexibility index (Phi) is 8.94. The molecule has 3 rings (SSSR count). The third-order valence-electron chi connectivity index (χ3n) is 6.16. The number of rotatable bonds is 12. The third-order valence-corrected chi connectivity index (χ3v) is 7.27. The summed E-state index contributed by atoms with van der Waals surface area (Å²) in [5, 5.41) is 4.82. The van der Waals surface area contributed by atoms with Crippen LogP contribution >= 0.6 is 0 Å². The van der Waals surface area contributed by atoms with Crippen LogP contribution in [0, 0.1) is 0 Å². The Bertz CT molecular complexity index is 1290. The van der Waals surface area contributed by atoms with Crippen molar-refractivity contribution in [1.82, 2.24) is 24.6 Å². The first-order valence-corrected chi connectivity index (χ1v) is 14.4. The van der Waals surface area contributed by atoms with Crippen LogP contribution in [0.25, 0.3) is 22.4 Å². The molecule has 1 aromatic carbocycles. The molecule has 2 heterocycles. The number of hydrogen-bond acceptors (Lipinski definition) is 8. The van der Waals surface area contributed by atoms with E-state index in [2.05, 4.69) is 44.5 Å². The second-order valence-corrected chi connectivity index (χ2v) is 11.5. The van der Waals surface area contributed by atoms with Crippen LogP contribution in [0.4, 0.5) is 0 Å². The lowest BCUT2D eigenvalue weighted by atomic mass is 10.1. The summed E-state index contributed by atoms with van der Waals surface area (Å²) in [6.07, 6.45) is 2.72. The number of fused-ring (bicyclic) bond motifs is 1. The van der Waals surface area contributed by atoms with Crippen LogP contribution < -0.4 is 9.47 Å². The van der Waals surface area contributed by atoms with E-state index in [-0.39, 0.29) is 4.90 Å². The number of hydrogen-bond donors (Lipinski definition) is 0. The molecule has 0 aliphatic rings. The van der Waals surface area contributed by atoms with Crippen LogP contribution in [-0.2, 0) is 22.8 Å². The average Bonchev–Trinajstić information content (AvgIpc) is 3.18. The number of sulfone groups is 1. The Hall–Kier alpha value is -2.72. The smallest absolute Gasteiger partial charge is 0.245 e. The van der Waals surface area contributed by atoms with Crippen molar-refractivity contribution in [2.45, 2.75) is 77.9 Å². The van der Waals surface area contributed by atoms with Crippen molar-refractivity contribution in [2.75, 3.05) is 26.5 Å². The molecular weight excluding hydrogens is 478 g/mol. The predicted molar refractivity (Wildman–Crippen MR) is 143 cm³/mol. The highest BCUT2D eigenvalue weighted by atomic mass is 32.2. The van der Waals surface area contributed by atoms with Gasteiger partial charge >= 0.3 is 0 Å². The normalized spacial score (nSPS) is 12.3. The predicted octanol–water partition coefficient (Wildman–Crippen LogP) is 4.38. The van der Waals surface area contributed by atoms with E-state index in [1.807, 2.05) is 11.6 Å². The molecule has 0 atom stereocenters. The summed E-state index contributed by atoms with van der Waals surface area (Å²) in [6.45, 7) is 14.9. The number of nitrogens with zero attached hydrogens (tertiary/aromatic N) is 5. The molecule has 0 radical (unpaired) electrons. The van der Waals surface area contributed by atoms with E-state index < -0.39 is 9.84 Å². The molecule has 0 bridgehead atoms. The summed E-state index contributed by atoms with van der Waals surface area (Å²) in [6, 6.07) is 5.62. The van der Waals surface area contributed by atoms with Gasteiger partial charge in [0.05, 0.1) is 36.4 Å². The minimum absolute atomic E-state index is 0.179. The number of methoxy groups -OCH3 is 1. The topological polar surface area (TPSA) is 99.4 Å². The van der Waals surface area contributed by atoms with Gasteiger partial charge in [-0.25, -0.2) is 13.4 Å². The molecule has 10 heteroatoms. The van der Waals surface area contributed by atoms with E-state index in [1.165, 1.54) is 6.26 Å². The summed E-state index contributed by atoms with van der Waals surface area (Å²) >= 11 is 0. The number of ether oxygens (including phenoxy) is 2. The highest BCUT2D eigenvalue weighted by Crippen LogP contribution is 2.34. The molecule has 0 aliphatic heterocycles. The number of benzene rings is 1. The maximum Gasteiger partial charge on any atom is 0.245 e. The highest BCUT2D eigenvalue weighted by Gasteiger charge is 2.23. The molecule has 3 aromatic rings. The number of aromatic nitrogens is 4. The maximum atomic E-state index is 12.3. The molecule has 0 saturated heterocycles. The minimum Gasteiger partial charge on any atom is -0.493 e. The summed E-state index contributed by atoms with van der Waals surface area (Å²) in [4.78, 5) is 12.1. The fraction of sp³-hybridized carbons (Fsp3) is 0.577. The van der Waals surface area contributed by atoms with Crippen molar-refractivity contribution in [1.29, 1.82) is 0 Å². The van der Waals surface area contributed by atoms with Crippen LogP contribution in [-0.4, -0.2) is 71.7 Å². The van der Waals surface area contributed by atoms with Crippen molar-refractivity contribution in [2.24, 2.45) is 0 Å². The van der Waals surface area contributed by atoms with Gasteiger partial charge in [-0.1, -0.05) is 13.8 Å². The summed E-state index contributed by atoms with van der Waals surface area (Å²) in [5.74, 6) is 1.22. The average molecular weight is 518 g/mol. The Morgan fingerprint density at radius 3 is 2.31 bits per heavy atom. The van der Waals surface area contributed by atoms with Gasteiger partial charge < -0.3 is 9.47 Å². The fourth-order valence-electron chi connectivity index (χ4n) is 4.40. The molecular formula is C26H39N5O4S. The molecule has 0 amide bonds. The van der Waals surface area contributed by atoms with E-state index in [4.69, 9.17) is 19.6 Å². The molecule has 9 nitrogen and oxygen atoms in total. The largest absolute Gasteiger partial charge is 0.493 e. The highest BCUT2D eigenvalue weighted by molar-refractivity contribution is 7.90. The second-order valence-electron chi connectivity index (χ2n) is 9.48. The lowest BCUT2D eigenvalue weighted by Gasteiger charge is -2.30. The van der Waals surface area contributed by atoms with Crippen LogP contribution in [0.15, 0.2) is 23.1 Å². The second kappa shape index (κ2) is 11.6. The van der Waals surface area contributed by atoms with E-state index >= 15 is 0 Å². The van der Waals surface area contributed by atoms with Crippen LogP contribution in [0.3, 0.4) is 0 Å². The molecule has 0 unspecified atom stereocenters. The maximum absolute atomic E-state index is 12.3. The van der Waals surface area contributed by atoms with Gasteiger partial charge in [-0.05, 0) is 58.7 Å². The van der Waals surface area contributed by atoms with Gasteiger partial charge in [0.1, 0.15) is 11.3 Å². The molecule has 36 heavy (non-hydrogen) atoms. The van der Waals surface area contributed by atoms with Crippen LogP contribution in [0.2, 0.25) is 0 Å². The van der Waals surface area contributed by atoms with Gasteiger partial charge in [0.2, 0.25) is 5.88 Å². The zero-order valence-corrected chi connectivity index (χ0v) is 23.5. The van der Waals surface area contributed by atoms with E-state index in [1.54, 1.807) is 25.3 Å². The van der Waals surface area contributed by atoms with Crippen molar-refractivity contribution < 1.29 is 17.9 Å². The van der Waals surface area contributed by atoms with E-state index in [0.29, 0.717) is 59.3 Å². The minimum atomic E-state index is -3.43. The van der Waals surface area contributed by atoms with Gasteiger partial charge in [-0.15, -0.1) is 0 Å². The van der Waals surface area contributed by atoms with Gasteiger partial charge in [0, 0.05) is 24.9 Å². The molecule has 0 aliphatic carbocycles. The SMILES string of the molecule is CCCOc1ccc(S(C)(=O)=O)cc1-c1nc(OC)c2nn(CCN(C(C)C)C(C)C)c(CC)c2n1. The standard InChI is InChI=1S/C26H39N5O4S/c1-9-15-35-22-12-11-19(36(8,32)33)16-20(22)25-27-23-21(10-2)31(29-24(23)26(28-25)34-7)14-13-30(17(3)4)18(5)6/h11-12,16-18H,9-10,13-15H2,1-8H3. The van der Waals surface area contributed by atoms with Gasteiger partial charge in [0.15, 0.2) is 21.2 Å². The number of aryl methyl sites for hydroxylation is 1.